The highest BCUT2D eigenvalue weighted by molar-refractivity contribution is 5.98. The number of aryl methyl sites for hydroxylation is 1. The molecule has 0 aliphatic carbocycles. The first kappa shape index (κ1) is 19.2. The molecule has 2 rings (SSSR count). The molecule has 0 saturated carbocycles. The monoisotopic (exact) mass is 345 g/mol. The van der Waals surface area contributed by atoms with Crippen LogP contribution in [0.25, 0.3) is 0 Å². The van der Waals surface area contributed by atoms with E-state index in [0.29, 0.717) is 18.5 Å². The van der Waals surface area contributed by atoms with Gasteiger partial charge < -0.3 is 9.64 Å². The fraction of sp³-hybridized carbons (Fsp3) is 0.550. The van der Waals surface area contributed by atoms with Crippen molar-refractivity contribution in [3.63, 3.8) is 0 Å². The van der Waals surface area contributed by atoms with Crippen LogP contribution in [0.15, 0.2) is 24.3 Å². The van der Waals surface area contributed by atoms with Gasteiger partial charge in [-0.2, -0.15) is 0 Å². The lowest BCUT2D eigenvalue weighted by Crippen LogP contribution is -2.50. The Hall–Kier alpha value is -2.17. The van der Waals surface area contributed by atoms with Gasteiger partial charge in [0.05, 0.1) is 0 Å². The van der Waals surface area contributed by atoms with Crippen LogP contribution in [-0.2, 0) is 14.3 Å². The summed E-state index contributed by atoms with van der Waals surface area (Å²) in [5, 5.41) is 0. The van der Waals surface area contributed by atoms with Crippen LogP contribution < -0.4 is 0 Å². The molecule has 5 heteroatoms. The first-order valence-corrected chi connectivity index (χ1v) is 9.01. The number of hydrogen-bond donors (Lipinski definition) is 0. The molecule has 2 atom stereocenters. The van der Waals surface area contributed by atoms with E-state index < -0.39 is 12.0 Å². The predicted octanol–water partition coefficient (Wildman–Crippen LogP) is 3.15. The fourth-order valence-corrected chi connectivity index (χ4v) is 2.95. The summed E-state index contributed by atoms with van der Waals surface area (Å²) in [6.45, 7) is 6.07. The van der Waals surface area contributed by atoms with Crippen molar-refractivity contribution in [2.75, 3.05) is 13.2 Å². The summed E-state index contributed by atoms with van der Waals surface area (Å²) in [4.78, 5) is 38.7. The Kier molecular flexibility index (Phi) is 6.73. The van der Waals surface area contributed by atoms with Crippen molar-refractivity contribution in [1.29, 1.82) is 0 Å². The Bertz CT molecular complexity index is 623. The van der Waals surface area contributed by atoms with Gasteiger partial charge in [0.2, 0.25) is 5.91 Å². The Morgan fingerprint density at radius 2 is 1.88 bits per heavy atom. The molecule has 1 fully saturated rings. The fourth-order valence-electron chi connectivity index (χ4n) is 2.95. The molecule has 1 heterocycles. The smallest absolute Gasteiger partial charge is 0.329 e. The van der Waals surface area contributed by atoms with Crippen molar-refractivity contribution in [1.82, 2.24) is 4.90 Å². The van der Waals surface area contributed by atoms with Crippen LogP contribution in [-0.4, -0.2) is 41.8 Å². The number of hydrogen-bond acceptors (Lipinski definition) is 4. The number of esters is 1. The van der Waals surface area contributed by atoms with Crippen molar-refractivity contribution in [3.8, 4) is 0 Å². The van der Waals surface area contributed by atoms with E-state index in [1.807, 2.05) is 32.9 Å². The average molecular weight is 345 g/mol. The zero-order valence-electron chi connectivity index (χ0n) is 15.3. The van der Waals surface area contributed by atoms with Crippen molar-refractivity contribution in [2.24, 2.45) is 5.92 Å². The van der Waals surface area contributed by atoms with Gasteiger partial charge in [-0.3, -0.25) is 9.59 Å². The van der Waals surface area contributed by atoms with Crippen LogP contribution in [0, 0.1) is 12.8 Å². The lowest BCUT2D eigenvalue weighted by atomic mass is 9.98. The largest absolute Gasteiger partial charge is 0.456 e. The molecule has 25 heavy (non-hydrogen) atoms. The van der Waals surface area contributed by atoms with Gasteiger partial charge in [-0.05, 0) is 32.6 Å². The second kappa shape index (κ2) is 8.79. The molecule has 2 unspecified atom stereocenters. The molecular weight excluding hydrogens is 318 g/mol. The number of benzene rings is 1. The summed E-state index contributed by atoms with van der Waals surface area (Å²) in [5.41, 5.74) is 1.59. The maximum Gasteiger partial charge on any atom is 0.329 e. The number of nitrogens with zero attached hydrogens (tertiary/aromatic N) is 1. The zero-order valence-corrected chi connectivity index (χ0v) is 15.3. The minimum absolute atomic E-state index is 0.00555. The number of ketones is 1. The summed E-state index contributed by atoms with van der Waals surface area (Å²) in [6, 6.07) is 6.59. The second-order valence-electron chi connectivity index (χ2n) is 6.75. The third kappa shape index (κ3) is 4.91. The van der Waals surface area contributed by atoms with Crippen molar-refractivity contribution >= 4 is 17.7 Å². The van der Waals surface area contributed by atoms with Crippen LogP contribution >= 0.6 is 0 Å². The third-order valence-electron chi connectivity index (χ3n) is 4.81. The Morgan fingerprint density at radius 3 is 2.52 bits per heavy atom. The molecule has 0 radical (unpaired) electrons. The highest BCUT2D eigenvalue weighted by Crippen LogP contribution is 2.21. The Labute approximate surface area is 149 Å². The van der Waals surface area contributed by atoms with E-state index in [1.165, 1.54) is 0 Å². The van der Waals surface area contributed by atoms with Crippen molar-refractivity contribution < 1.29 is 19.1 Å². The summed E-state index contributed by atoms with van der Waals surface area (Å²) in [7, 11) is 0. The number of piperidine rings is 1. The molecule has 1 aromatic rings. The normalized spacial score (nSPS) is 18.5. The third-order valence-corrected chi connectivity index (χ3v) is 4.81. The van der Waals surface area contributed by atoms with Crippen molar-refractivity contribution in [2.45, 2.75) is 52.5 Å². The predicted molar refractivity (Wildman–Crippen MR) is 95.3 cm³/mol. The van der Waals surface area contributed by atoms with E-state index in [-0.39, 0.29) is 24.2 Å². The first-order valence-electron chi connectivity index (χ1n) is 9.01. The number of Topliss-reactive ketones (excluding diaryl/α,β-unsaturated/α-hetero) is 1. The summed E-state index contributed by atoms with van der Waals surface area (Å²) in [5.74, 6) is -0.822. The lowest BCUT2D eigenvalue weighted by Gasteiger charge is -2.35. The lowest BCUT2D eigenvalue weighted by molar-refractivity contribution is -0.157. The minimum Gasteiger partial charge on any atom is -0.456 e. The van der Waals surface area contributed by atoms with Gasteiger partial charge in [0.15, 0.2) is 12.4 Å². The van der Waals surface area contributed by atoms with Crippen LogP contribution in [0.4, 0.5) is 0 Å². The number of amides is 1. The number of likely N-dealkylation sites (tertiary alicyclic amines) is 1. The van der Waals surface area contributed by atoms with Crippen LogP contribution in [0.3, 0.4) is 0 Å². The molecule has 0 aromatic heterocycles. The quantitative estimate of drug-likeness (QED) is 0.587. The van der Waals surface area contributed by atoms with Gasteiger partial charge >= 0.3 is 5.97 Å². The SMILES string of the molecule is CCC(C)C(=O)N1CCCCC1C(=O)OCC(=O)c1ccc(C)cc1. The van der Waals surface area contributed by atoms with Crippen LogP contribution in [0.5, 0.6) is 0 Å². The Balaban J connectivity index is 1.96. The standard InChI is InChI=1S/C20H27NO4/c1-4-15(3)19(23)21-12-6-5-7-17(21)20(24)25-13-18(22)16-10-8-14(2)9-11-16/h8-11,15,17H,4-7,12-13H2,1-3H3. The average Bonchev–Trinajstić information content (AvgIpc) is 2.65. The van der Waals surface area contributed by atoms with E-state index >= 15 is 0 Å². The van der Waals surface area contributed by atoms with Gasteiger partial charge in [0.25, 0.3) is 0 Å². The highest BCUT2D eigenvalue weighted by atomic mass is 16.5. The molecule has 5 nitrogen and oxygen atoms in total. The minimum atomic E-state index is -0.568. The molecule has 1 saturated heterocycles. The topological polar surface area (TPSA) is 63.7 Å². The Morgan fingerprint density at radius 1 is 1.20 bits per heavy atom. The summed E-state index contributed by atoms with van der Waals surface area (Å²) in [6.07, 6.45) is 3.12. The number of ether oxygens (including phenoxy) is 1. The van der Waals surface area contributed by atoms with Crippen LogP contribution in [0.1, 0.15) is 55.5 Å². The van der Waals surface area contributed by atoms with E-state index in [1.54, 1.807) is 17.0 Å². The summed E-state index contributed by atoms with van der Waals surface area (Å²) < 4.78 is 5.24. The van der Waals surface area contributed by atoms with Gasteiger partial charge in [-0.1, -0.05) is 43.7 Å². The van der Waals surface area contributed by atoms with Gasteiger partial charge in [-0.15, -0.1) is 0 Å². The molecule has 1 aliphatic rings. The second-order valence-corrected chi connectivity index (χ2v) is 6.75. The summed E-state index contributed by atoms with van der Waals surface area (Å²) >= 11 is 0. The molecular formula is C20H27NO4. The molecule has 136 valence electrons. The number of carbonyl (C=O) groups is 3. The van der Waals surface area contributed by atoms with E-state index in [9.17, 15) is 14.4 Å². The molecule has 0 N–H and O–H groups in total. The van der Waals surface area contributed by atoms with E-state index in [4.69, 9.17) is 4.74 Å². The molecule has 0 bridgehead atoms. The van der Waals surface area contributed by atoms with Crippen LogP contribution in [0.2, 0.25) is 0 Å². The van der Waals surface area contributed by atoms with E-state index in [0.717, 1.165) is 24.8 Å². The van der Waals surface area contributed by atoms with Gasteiger partial charge in [0, 0.05) is 18.0 Å². The molecule has 1 aliphatic heterocycles. The van der Waals surface area contributed by atoms with Gasteiger partial charge in [-0.25, -0.2) is 4.79 Å². The number of rotatable bonds is 6. The zero-order chi connectivity index (χ0) is 18.4. The first-order chi connectivity index (χ1) is 11.9. The van der Waals surface area contributed by atoms with Crippen molar-refractivity contribution in [3.05, 3.63) is 35.4 Å². The highest BCUT2D eigenvalue weighted by Gasteiger charge is 2.34. The number of carbonyl (C=O) groups excluding carboxylic acids is 3. The van der Waals surface area contributed by atoms with E-state index in [2.05, 4.69) is 0 Å². The molecule has 0 spiro atoms. The molecule has 1 aromatic carbocycles. The maximum atomic E-state index is 12.5. The maximum absolute atomic E-state index is 12.5. The van der Waals surface area contributed by atoms with Gasteiger partial charge in [0.1, 0.15) is 6.04 Å². The molecule has 1 amide bonds.